The molecule has 72 valence electrons. The van der Waals surface area contributed by atoms with Crippen LogP contribution in [0, 0.1) is 0 Å². The summed E-state index contributed by atoms with van der Waals surface area (Å²) in [6.07, 6.45) is 2.10. The summed E-state index contributed by atoms with van der Waals surface area (Å²) in [5, 5.41) is 0. The molecule has 2 nitrogen and oxygen atoms in total. The summed E-state index contributed by atoms with van der Waals surface area (Å²) in [7, 11) is 1.32. The molecule has 0 aromatic rings. The van der Waals surface area contributed by atoms with Gasteiger partial charge in [0.25, 0.3) is 0 Å². The van der Waals surface area contributed by atoms with E-state index in [0.29, 0.717) is 12.8 Å². The maximum absolute atomic E-state index is 12.9. The number of ether oxygens (including phenoxy) is 1. The number of carbonyl (C=O) groups excluding carboxylic acids is 1. The van der Waals surface area contributed by atoms with E-state index in [1.807, 2.05) is 6.92 Å². The second kappa shape index (κ2) is 7.07. The van der Waals surface area contributed by atoms with Crippen molar-refractivity contribution in [3.63, 3.8) is 0 Å². The molecule has 0 aliphatic rings. The zero-order valence-corrected chi connectivity index (χ0v) is 7.81. The SMILES string of the molecule is CCCC[C@@H](F)CCC(=O)OC. The van der Waals surface area contributed by atoms with Crippen LogP contribution < -0.4 is 0 Å². The molecule has 0 heterocycles. The Bertz CT molecular complexity index is 126. The second-order valence-corrected chi connectivity index (χ2v) is 2.85. The third-order valence-electron chi connectivity index (χ3n) is 1.76. The molecule has 0 aliphatic carbocycles. The molecule has 0 fully saturated rings. The Labute approximate surface area is 73.1 Å². The van der Waals surface area contributed by atoms with E-state index in [2.05, 4.69) is 4.74 Å². The van der Waals surface area contributed by atoms with Crippen LogP contribution in [0.15, 0.2) is 0 Å². The molecule has 0 saturated carbocycles. The third-order valence-corrected chi connectivity index (χ3v) is 1.76. The van der Waals surface area contributed by atoms with Gasteiger partial charge in [-0.25, -0.2) is 4.39 Å². The minimum atomic E-state index is -0.843. The van der Waals surface area contributed by atoms with E-state index < -0.39 is 6.17 Å². The van der Waals surface area contributed by atoms with Gasteiger partial charge in [-0.2, -0.15) is 0 Å². The van der Waals surface area contributed by atoms with Gasteiger partial charge >= 0.3 is 5.97 Å². The molecule has 0 N–H and O–H groups in total. The Morgan fingerprint density at radius 1 is 1.50 bits per heavy atom. The largest absolute Gasteiger partial charge is 0.469 e. The lowest BCUT2D eigenvalue weighted by Gasteiger charge is -2.05. The summed E-state index contributed by atoms with van der Waals surface area (Å²) < 4.78 is 17.3. The number of hydrogen-bond acceptors (Lipinski definition) is 2. The lowest BCUT2D eigenvalue weighted by molar-refractivity contribution is -0.141. The van der Waals surface area contributed by atoms with Crippen molar-refractivity contribution in [2.75, 3.05) is 7.11 Å². The maximum Gasteiger partial charge on any atom is 0.305 e. The Kier molecular flexibility index (Phi) is 6.72. The number of carbonyl (C=O) groups is 1. The van der Waals surface area contributed by atoms with Crippen LogP contribution in [0.4, 0.5) is 4.39 Å². The fourth-order valence-corrected chi connectivity index (χ4v) is 0.946. The van der Waals surface area contributed by atoms with Crippen molar-refractivity contribution in [1.82, 2.24) is 0 Å². The standard InChI is InChI=1S/C9H17FO2/c1-3-4-5-8(10)6-7-9(11)12-2/h8H,3-7H2,1-2H3/t8-/m1/s1. The van der Waals surface area contributed by atoms with Crippen LogP contribution in [0.3, 0.4) is 0 Å². The van der Waals surface area contributed by atoms with E-state index >= 15 is 0 Å². The molecule has 0 radical (unpaired) electrons. The van der Waals surface area contributed by atoms with Crippen LogP contribution in [-0.4, -0.2) is 19.3 Å². The topological polar surface area (TPSA) is 26.3 Å². The van der Waals surface area contributed by atoms with Crippen LogP contribution in [-0.2, 0) is 9.53 Å². The zero-order valence-electron chi connectivity index (χ0n) is 7.81. The number of unbranched alkanes of at least 4 members (excludes halogenated alkanes) is 1. The normalized spacial score (nSPS) is 12.6. The first kappa shape index (κ1) is 11.4. The number of methoxy groups -OCH3 is 1. The van der Waals surface area contributed by atoms with E-state index in [0.717, 1.165) is 12.8 Å². The summed E-state index contributed by atoms with van der Waals surface area (Å²) in [5.74, 6) is -0.325. The molecule has 0 amide bonds. The molecule has 0 bridgehead atoms. The van der Waals surface area contributed by atoms with Crippen LogP contribution >= 0.6 is 0 Å². The van der Waals surface area contributed by atoms with Gasteiger partial charge < -0.3 is 4.74 Å². The monoisotopic (exact) mass is 176 g/mol. The summed E-state index contributed by atoms with van der Waals surface area (Å²) in [4.78, 5) is 10.6. The predicted molar refractivity (Wildman–Crippen MR) is 45.7 cm³/mol. The van der Waals surface area contributed by atoms with Gasteiger partial charge in [0.05, 0.1) is 7.11 Å². The first-order valence-electron chi connectivity index (χ1n) is 4.41. The fraction of sp³-hybridized carbons (Fsp3) is 0.889. The van der Waals surface area contributed by atoms with Crippen LogP contribution in [0.1, 0.15) is 39.0 Å². The molecule has 0 aromatic carbocycles. The van der Waals surface area contributed by atoms with E-state index in [1.165, 1.54) is 7.11 Å². The smallest absolute Gasteiger partial charge is 0.305 e. The van der Waals surface area contributed by atoms with Crippen molar-refractivity contribution < 1.29 is 13.9 Å². The summed E-state index contributed by atoms with van der Waals surface area (Å²) in [5.41, 5.74) is 0. The highest BCUT2D eigenvalue weighted by Gasteiger charge is 2.08. The van der Waals surface area contributed by atoms with E-state index in [4.69, 9.17) is 0 Å². The maximum atomic E-state index is 12.9. The van der Waals surface area contributed by atoms with Crippen LogP contribution in [0.2, 0.25) is 0 Å². The molecule has 0 rings (SSSR count). The van der Waals surface area contributed by atoms with Crippen molar-refractivity contribution in [3.8, 4) is 0 Å². The van der Waals surface area contributed by atoms with Gasteiger partial charge in [0.1, 0.15) is 6.17 Å². The van der Waals surface area contributed by atoms with Crippen LogP contribution in [0.5, 0.6) is 0 Å². The highest BCUT2D eigenvalue weighted by atomic mass is 19.1. The van der Waals surface area contributed by atoms with Gasteiger partial charge in [-0.1, -0.05) is 19.8 Å². The summed E-state index contributed by atoms with van der Waals surface area (Å²) in [6, 6.07) is 0. The van der Waals surface area contributed by atoms with Crippen molar-refractivity contribution in [2.45, 2.75) is 45.2 Å². The molecule has 0 spiro atoms. The first-order valence-corrected chi connectivity index (χ1v) is 4.41. The minimum absolute atomic E-state index is 0.196. The van der Waals surface area contributed by atoms with Crippen molar-refractivity contribution in [2.24, 2.45) is 0 Å². The van der Waals surface area contributed by atoms with E-state index in [9.17, 15) is 9.18 Å². The Morgan fingerprint density at radius 2 is 2.17 bits per heavy atom. The Balaban J connectivity index is 3.30. The third kappa shape index (κ3) is 6.13. The minimum Gasteiger partial charge on any atom is -0.469 e. The number of hydrogen-bond donors (Lipinski definition) is 0. The molecule has 0 unspecified atom stereocenters. The van der Waals surface area contributed by atoms with Gasteiger partial charge in [0.2, 0.25) is 0 Å². The predicted octanol–water partition coefficient (Wildman–Crippen LogP) is 2.47. The molecular weight excluding hydrogens is 159 g/mol. The fourth-order valence-electron chi connectivity index (χ4n) is 0.946. The van der Waals surface area contributed by atoms with Crippen molar-refractivity contribution in [1.29, 1.82) is 0 Å². The number of esters is 1. The summed E-state index contributed by atoms with van der Waals surface area (Å²) >= 11 is 0. The van der Waals surface area contributed by atoms with E-state index in [1.54, 1.807) is 0 Å². The van der Waals surface area contributed by atoms with Gasteiger partial charge in [0, 0.05) is 6.42 Å². The Hall–Kier alpha value is -0.600. The number of halogens is 1. The molecule has 0 saturated heterocycles. The lowest BCUT2D eigenvalue weighted by atomic mass is 10.1. The highest BCUT2D eigenvalue weighted by molar-refractivity contribution is 5.69. The van der Waals surface area contributed by atoms with E-state index in [-0.39, 0.29) is 12.4 Å². The van der Waals surface area contributed by atoms with Crippen molar-refractivity contribution in [3.05, 3.63) is 0 Å². The number of rotatable bonds is 6. The molecule has 1 atom stereocenters. The average molecular weight is 176 g/mol. The zero-order chi connectivity index (χ0) is 9.40. The van der Waals surface area contributed by atoms with Crippen molar-refractivity contribution >= 4 is 5.97 Å². The lowest BCUT2D eigenvalue weighted by Crippen LogP contribution is -2.06. The highest BCUT2D eigenvalue weighted by Crippen LogP contribution is 2.10. The number of alkyl halides is 1. The Morgan fingerprint density at radius 3 is 2.67 bits per heavy atom. The molecule has 3 heteroatoms. The molecular formula is C9H17FO2. The summed E-state index contributed by atoms with van der Waals surface area (Å²) in [6.45, 7) is 2.02. The molecule has 0 aliphatic heterocycles. The molecule has 12 heavy (non-hydrogen) atoms. The van der Waals surface area contributed by atoms with Gasteiger partial charge in [-0.15, -0.1) is 0 Å². The first-order chi connectivity index (χ1) is 5.70. The average Bonchev–Trinajstić information content (AvgIpc) is 2.10. The van der Waals surface area contributed by atoms with Gasteiger partial charge in [-0.05, 0) is 12.8 Å². The molecule has 0 aromatic heterocycles. The van der Waals surface area contributed by atoms with Gasteiger partial charge in [0.15, 0.2) is 0 Å². The quantitative estimate of drug-likeness (QED) is 0.581. The van der Waals surface area contributed by atoms with Gasteiger partial charge in [-0.3, -0.25) is 4.79 Å². The second-order valence-electron chi connectivity index (χ2n) is 2.85. The van der Waals surface area contributed by atoms with Crippen LogP contribution in [0.25, 0.3) is 0 Å².